The van der Waals surface area contributed by atoms with Gasteiger partial charge in [-0.25, -0.2) is 0 Å². The summed E-state index contributed by atoms with van der Waals surface area (Å²) in [5.74, 6) is 5.43. The van der Waals surface area contributed by atoms with Crippen LogP contribution in [0.2, 0.25) is 0 Å². The molecule has 0 aromatic carbocycles. The molecular formula is C11H20. The van der Waals surface area contributed by atoms with Crippen LogP contribution in [0.15, 0.2) is 0 Å². The van der Waals surface area contributed by atoms with Gasteiger partial charge in [0.1, 0.15) is 0 Å². The third-order valence-corrected chi connectivity index (χ3v) is 4.29. The van der Waals surface area contributed by atoms with Crippen molar-refractivity contribution in [3.05, 3.63) is 0 Å². The molecule has 0 N–H and O–H groups in total. The average Bonchev–Trinajstić information content (AvgIpc) is 2.63. The van der Waals surface area contributed by atoms with Crippen LogP contribution in [0.5, 0.6) is 0 Å². The zero-order valence-corrected chi connectivity index (χ0v) is 8.01. The zero-order chi connectivity index (χ0) is 8.01. The van der Waals surface area contributed by atoms with Gasteiger partial charge in [0.2, 0.25) is 0 Å². The van der Waals surface area contributed by atoms with E-state index in [1.807, 2.05) is 0 Å². The summed E-state index contributed by atoms with van der Waals surface area (Å²) in [6.07, 6.45) is 4.46. The Hall–Kier alpha value is 0. The van der Waals surface area contributed by atoms with E-state index in [0.717, 1.165) is 29.6 Å². The Morgan fingerprint density at radius 1 is 1.18 bits per heavy atom. The Balaban J connectivity index is 2.04. The molecule has 0 saturated heterocycles. The third-order valence-electron chi connectivity index (χ3n) is 4.29. The Morgan fingerprint density at radius 3 is 2.45 bits per heavy atom. The molecule has 0 nitrogen and oxygen atoms in total. The maximum absolute atomic E-state index is 2.45. The molecule has 0 amide bonds. The number of fused-ring (bicyclic) bond motifs is 1. The van der Waals surface area contributed by atoms with E-state index in [1.54, 1.807) is 0 Å². The second-order valence-electron chi connectivity index (χ2n) is 4.73. The monoisotopic (exact) mass is 152 g/mol. The minimum atomic E-state index is 1.02. The maximum Gasteiger partial charge on any atom is -0.0324 e. The van der Waals surface area contributed by atoms with Crippen molar-refractivity contribution >= 4 is 0 Å². The molecule has 5 atom stereocenters. The van der Waals surface area contributed by atoms with Crippen LogP contribution < -0.4 is 0 Å². The van der Waals surface area contributed by atoms with E-state index in [4.69, 9.17) is 0 Å². The fraction of sp³-hybridized carbons (Fsp3) is 1.00. The van der Waals surface area contributed by atoms with E-state index in [9.17, 15) is 0 Å². The molecule has 0 bridgehead atoms. The van der Waals surface area contributed by atoms with Crippen LogP contribution in [-0.2, 0) is 0 Å². The average molecular weight is 152 g/mol. The van der Waals surface area contributed by atoms with Crippen molar-refractivity contribution in [3.63, 3.8) is 0 Å². The number of hydrogen-bond acceptors (Lipinski definition) is 0. The van der Waals surface area contributed by atoms with Crippen molar-refractivity contribution in [2.75, 3.05) is 0 Å². The summed E-state index contributed by atoms with van der Waals surface area (Å²) in [7, 11) is 0. The van der Waals surface area contributed by atoms with Gasteiger partial charge < -0.3 is 0 Å². The number of hydrogen-bond donors (Lipinski definition) is 0. The molecule has 5 unspecified atom stereocenters. The highest BCUT2D eigenvalue weighted by molar-refractivity contribution is 5.01. The Kier molecular flexibility index (Phi) is 1.74. The fourth-order valence-corrected chi connectivity index (χ4v) is 3.47. The lowest BCUT2D eigenvalue weighted by molar-refractivity contribution is 0.230. The standard InChI is InChI=1S/C11H20/c1-4-9-7(2)5-6-10-8(3)11(9)10/h7-11H,4-6H2,1-3H3. The van der Waals surface area contributed by atoms with E-state index in [0.29, 0.717) is 0 Å². The number of rotatable bonds is 1. The summed E-state index contributed by atoms with van der Waals surface area (Å²) in [5.41, 5.74) is 0. The van der Waals surface area contributed by atoms with Crippen molar-refractivity contribution in [3.8, 4) is 0 Å². The Bertz CT molecular complexity index is 150. The second kappa shape index (κ2) is 2.50. The highest BCUT2D eigenvalue weighted by Gasteiger charge is 2.53. The van der Waals surface area contributed by atoms with Gasteiger partial charge in [-0.05, 0) is 36.0 Å². The van der Waals surface area contributed by atoms with Crippen molar-refractivity contribution in [1.82, 2.24) is 0 Å². The van der Waals surface area contributed by atoms with E-state index in [1.165, 1.54) is 19.3 Å². The SMILES string of the molecule is CCC1C(C)CCC2C(C)C12. The van der Waals surface area contributed by atoms with Gasteiger partial charge >= 0.3 is 0 Å². The lowest BCUT2D eigenvalue weighted by Gasteiger charge is -2.27. The van der Waals surface area contributed by atoms with E-state index < -0.39 is 0 Å². The van der Waals surface area contributed by atoms with E-state index >= 15 is 0 Å². The molecule has 0 aromatic rings. The van der Waals surface area contributed by atoms with Gasteiger partial charge in [0, 0.05) is 0 Å². The molecule has 0 aliphatic heterocycles. The van der Waals surface area contributed by atoms with E-state index in [2.05, 4.69) is 20.8 Å². The molecule has 0 aromatic heterocycles. The van der Waals surface area contributed by atoms with Crippen molar-refractivity contribution in [2.24, 2.45) is 29.6 Å². The lowest BCUT2D eigenvalue weighted by Crippen LogP contribution is -2.18. The first-order chi connectivity index (χ1) is 5.25. The molecule has 0 spiro atoms. The normalized spacial score (nSPS) is 55.4. The quantitative estimate of drug-likeness (QED) is 0.540. The molecule has 2 rings (SSSR count). The summed E-state index contributed by atoms with van der Waals surface area (Å²) < 4.78 is 0. The predicted molar refractivity (Wildman–Crippen MR) is 48.3 cm³/mol. The lowest BCUT2D eigenvalue weighted by atomic mass is 9.79. The van der Waals surface area contributed by atoms with Gasteiger partial charge in [-0.1, -0.05) is 33.6 Å². The highest BCUT2D eigenvalue weighted by Crippen LogP contribution is 2.60. The molecular weight excluding hydrogens is 132 g/mol. The Morgan fingerprint density at radius 2 is 1.91 bits per heavy atom. The highest BCUT2D eigenvalue weighted by atomic mass is 14.6. The van der Waals surface area contributed by atoms with Gasteiger partial charge in [-0.2, -0.15) is 0 Å². The van der Waals surface area contributed by atoms with Crippen LogP contribution in [0.3, 0.4) is 0 Å². The zero-order valence-electron chi connectivity index (χ0n) is 8.01. The summed E-state index contributed by atoms with van der Waals surface area (Å²) in [6.45, 7) is 7.28. The predicted octanol–water partition coefficient (Wildman–Crippen LogP) is 3.32. The molecule has 2 aliphatic carbocycles. The van der Waals surface area contributed by atoms with Gasteiger partial charge in [0.25, 0.3) is 0 Å². The molecule has 11 heavy (non-hydrogen) atoms. The van der Waals surface area contributed by atoms with Crippen LogP contribution in [0.4, 0.5) is 0 Å². The smallest absolute Gasteiger partial charge is 0.0324 e. The van der Waals surface area contributed by atoms with Crippen LogP contribution >= 0.6 is 0 Å². The fourth-order valence-electron chi connectivity index (χ4n) is 3.47. The first-order valence-electron chi connectivity index (χ1n) is 5.25. The van der Waals surface area contributed by atoms with Crippen LogP contribution in [0.1, 0.15) is 40.0 Å². The third kappa shape index (κ3) is 1.02. The van der Waals surface area contributed by atoms with Gasteiger partial charge in [0.15, 0.2) is 0 Å². The first kappa shape index (κ1) is 7.64. The minimum absolute atomic E-state index is 1.02. The van der Waals surface area contributed by atoms with E-state index in [-0.39, 0.29) is 0 Å². The van der Waals surface area contributed by atoms with Crippen LogP contribution in [0, 0.1) is 29.6 Å². The second-order valence-corrected chi connectivity index (χ2v) is 4.73. The van der Waals surface area contributed by atoms with Gasteiger partial charge in [0.05, 0.1) is 0 Å². The van der Waals surface area contributed by atoms with Crippen LogP contribution in [-0.4, -0.2) is 0 Å². The van der Waals surface area contributed by atoms with Crippen molar-refractivity contribution in [2.45, 2.75) is 40.0 Å². The van der Waals surface area contributed by atoms with Gasteiger partial charge in [-0.3, -0.25) is 0 Å². The molecule has 2 saturated carbocycles. The molecule has 0 heteroatoms. The summed E-state index contributed by atoms with van der Waals surface area (Å²) in [6, 6.07) is 0. The minimum Gasteiger partial charge on any atom is -0.0651 e. The molecule has 64 valence electrons. The molecule has 2 aliphatic rings. The first-order valence-corrected chi connectivity index (χ1v) is 5.25. The molecule has 0 radical (unpaired) electrons. The van der Waals surface area contributed by atoms with Crippen molar-refractivity contribution in [1.29, 1.82) is 0 Å². The maximum atomic E-state index is 2.45. The molecule has 2 fully saturated rings. The summed E-state index contributed by atoms with van der Waals surface area (Å²) >= 11 is 0. The Labute approximate surface area is 70.4 Å². The van der Waals surface area contributed by atoms with Crippen LogP contribution in [0.25, 0.3) is 0 Å². The topological polar surface area (TPSA) is 0 Å². The van der Waals surface area contributed by atoms with Gasteiger partial charge in [-0.15, -0.1) is 0 Å². The summed E-state index contributed by atoms with van der Waals surface area (Å²) in [5, 5.41) is 0. The van der Waals surface area contributed by atoms with Crippen molar-refractivity contribution < 1.29 is 0 Å². The molecule has 0 heterocycles. The largest absolute Gasteiger partial charge is 0.0651 e. The summed E-state index contributed by atoms with van der Waals surface area (Å²) in [4.78, 5) is 0.